The zero-order valence-electron chi connectivity index (χ0n) is 14.4. The molecule has 2 aromatic carbocycles. The van der Waals surface area contributed by atoms with Crippen LogP contribution in [0.4, 0.5) is 10.8 Å². The van der Waals surface area contributed by atoms with Crippen molar-refractivity contribution in [3.8, 4) is 0 Å². The number of carbonyl (C=O) groups excluding carboxylic acids is 1. The fraction of sp³-hybridized carbons (Fsp3) is 0.158. The lowest BCUT2D eigenvalue weighted by molar-refractivity contribution is -0.144. The van der Waals surface area contributed by atoms with Crippen LogP contribution in [0.2, 0.25) is 0 Å². The molecule has 0 atom stereocenters. The van der Waals surface area contributed by atoms with E-state index in [0.29, 0.717) is 10.8 Å². The van der Waals surface area contributed by atoms with Gasteiger partial charge < -0.3 is 10.1 Å². The molecule has 0 saturated carbocycles. The molecular weight excluding hydrogens is 384 g/mol. The molecule has 1 N–H and O–H groups in total. The van der Waals surface area contributed by atoms with Gasteiger partial charge in [-0.25, -0.2) is 13.4 Å². The highest BCUT2D eigenvalue weighted by molar-refractivity contribution is 7.91. The number of carbonyl (C=O) groups is 1. The van der Waals surface area contributed by atoms with E-state index >= 15 is 0 Å². The van der Waals surface area contributed by atoms with E-state index in [1.807, 2.05) is 30.3 Å². The highest BCUT2D eigenvalue weighted by atomic mass is 32.2. The van der Waals surface area contributed by atoms with Crippen molar-refractivity contribution in [2.75, 3.05) is 11.1 Å². The first kappa shape index (κ1) is 19.1. The quantitative estimate of drug-likeness (QED) is 0.577. The summed E-state index contributed by atoms with van der Waals surface area (Å²) in [6, 6.07) is 17.7. The number of hydrogen-bond donors (Lipinski definition) is 1. The van der Waals surface area contributed by atoms with Gasteiger partial charge in [0.25, 0.3) is 0 Å². The van der Waals surface area contributed by atoms with Crippen LogP contribution in [-0.4, -0.2) is 25.1 Å². The molecule has 0 amide bonds. The lowest BCUT2D eigenvalue weighted by Crippen LogP contribution is -2.13. The Morgan fingerprint density at radius 3 is 2.41 bits per heavy atom. The Labute approximate surface area is 161 Å². The molecule has 0 aliphatic rings. The van der Waals surface area contributed by atoms with Crippen LogP contribution in [0.5, 0.6) is 0 Å². The highest BCUT2D eigenvalue weighted by Crippen LogP contribution is 2.21. The van der Waals surface area contributed by atoms with Gasteiger partial charge in [0.05, 0.1) is 22.8 Å². The Hall–Kier alpha value is -2.71. The third-order valence-corrected chi connectivity index (χ3v) is 6.17. The number of para-hydroxylation sites is 1. The molecule has 3 rings (SSSR count). The van der Waals surface area contributed by atoms with Gasteiger partial charge in [0.1, 0.15) is 6.61 Å². The summed E-state index contributed by atoms with van der Waals surface area (Å²) in [6.45, 7) is 0.0111. The van der Waals surface area contributed by atoms with E-state index < -0.39 is 15.8 Å². The predicted molar refractivity (Wildman–Crippen MR) is 105 cm³/mol. The summed E-state index contributed by atoms with van der Waals surface area (Å²) in [4.78, 5) is 16.4. The van der Waals surface area contributed by atoms with Gasteiger partial charge in [0.2, 0.25) is 0 Å². The van der Waals surface area contributed by atoms with Gasteiger partial charge in [-0.1, -0.05) is 36.4 Å². The molecule has 0 bridgehead atoms. The molecule has 1 aromatic heterocycles. The molecule has 0 fully saturated rings. The number of nitrogens with zero attached hydrogens (tertiary/aromatic N) is 1. The smallest absolute Gasteiger partial charge is 0.307 e. The Morgan fingerprint density at radius 2 is 1.70 bits per heavy atom. The van der Waals surface area contributed by atoms with Crippen molar-refractivity contribution in [1.29, 1.82) is 0 Å². The van der Waals surface area contributed by atoms with Gasteiger partial charge in [0.15, 0.2) is 15.0 Å². The first-order valence-corrected chi connectivity index (χ1v) is 10.8. The van der Waals surface area contributed by atoms with E-state index in [1.165, 1.54) is 23.5 Å². The van der Waals surface area contributed by atoms with Crippen molar-refractivity contribution in [3.05, 3.63) is 71.7 Å². The largest absolute Gasteiger partial charge is 0.459 e. The summed E-state index contributed by atoms with van der Waals surface area (Å²) in [5.41, 5.74) is 1.53. The molecule has 6 nitrogen and oxygen atoms in total. The monoisotopic (exact) mass is 402 g/mol. The standard InChI is InChI=1S/C19H18N2O4S2/c22-18(11-12-27(23,24)17-9-5-2-6-10-17)25-13-16-14-26-19(21-16)20-15-7-3-1-4-8-15/h1-10,14H,11-13H2,(H,20,21). The maximum absolute atomic E-state index is 12.2. The van der Waals surface area contributed by atoms with Crippen molar-refractivity contribution in [2.24, 2.45) is 0 Å². The third kappa shape index (κ3) is 5.63. The topological polar surface area (TPSA) is 85.4 Å². The SMILES string of the molecule is O=C(CCS(=O)(=O)c1ccccc1)OCc1csc(Nc2ccccc2)n1. The average Bonchev–Trinajstić information content (AvgIpc) is 3.14. The summed E-state index contributed by atoms with van der Waals surface area (Å²) in [5.74, 6) is -0.853. The number of aromatic nitrogens is 1. The van der Waals surface area contributed by atoms with Crippen LogP contribution in [0.3, 0.4) is 0 Å². The van der Waals surface area contributed by atoms with Crippen LogP contribution in [0, 0.1) is 0 Å². The fourth-order valence-corrected chi connectivity index (χ4v) is 4.22. The lowest BCUT2D eigenvalue weighted by Gasteiger charge is -2.05. The van der Waals surface area contributed by atoms with E-state index in [9.17, 15) is 13.2 Å². The number of rotatable bonds is 8. The fourth-order valence-electron chi connectivity index (χ4n) is 2.27. The van der Waals surface area contributed by atoms with Crippen molar-refractivity contribution in [2.45, 2.75) is 17.9 Å². The highest BCUT2D eigenvalue weighted by Gasteiger charge is 2.17. The Bertz CT molecular complexity index is 987. The van der Waals surface area contributed by atoms with Gasteiger partial charge >= 0.3 is 5.97 Å². The zero-order chi connectivity index (χ0) is 19.1. The Kier molecular flexibility index (Phi) is 6.20. The van der Waals surface area contributed by atoms with Gasteiger partial charge in [-0.15, -0.1) is 11.3 Å². The molecule has 0 aliphatic heterocycles. The minimum atomic E-state index is -3.49. The molecule has 27 heavy (non-hydrogen) atoms. The van der Waals surface area contributed by atoms with Gasteiger partial charge in [-0.2, -0.15) is 0 Å². The molecule has 3 aromatic rings. The van der Waals surface area contributed by atoms with Crippen molar-refractivity contribution >= 4 is 38.0 Å². The van der Waals surface area contributed by atoms with Crippen LogP contribution >= 0.6 is 11.3 Å². The van der Waals surface area contributed by atoms with E-state index in [4.69, 9.17) is 4.74 Å². The maximum Gasteiger partial charge on any atom is 0.307 e. The number of thiazole rings is 1. The van der Waals surface area contributed by atoms with E-state index in [2.05, 4.69) is 10.3 Å². The molecule has 0 radical (unpaired) electrons. The minimum Gasteiger partial charge on any atom is -0.459 e. The zero-order valence-corrected chi connectivity index (χ0v) is 16.0. The van der Waals surface area contributed by atoms with E-state index in [0.717, 1.165) is 5.69 Å². The molecule has 8 heteroatoms. The first-order chi connectivity index (χ1) is 13.0. The number of benzene rings is 2. The predicted octanol–water partition coefficient (Wildman–Crippen LogP) is 3.79. The van der Waals surface area contributed by atoms with Crippen molar-refractivity contribution in [1.82, 2.24) is 4.98 Å². The summed E-state index contributed by atoms with van der Waals surface area (Å²) >= 11 is 1.40. The third-order valence-electron chi connectivity index (χ3n) is 3.64. The second kappa shape index (κ2) is 8.79. The molecular formula is C19H18N2O4S2. The minimum absolute atomic E-state index is 0.0111. The summed E-state index contributed by atoms with van der Waals surface area (Å²) in [6.07, 6.45) is -0.198. The van der Waals surface area contributed by atoms with Crippen LogP contribution < -0.4 is 5.32 Å². The molecule has 0 saturated heterocycles. The van der Waals surface area contributed by atoms with Crippen LogP contribution in [0.25, 0.3) is 0 Å². The Morgan fingerprint density at radius 1 is 1.04 bits per heavy atom. The molecule has 0 unspecified atom stereocenters. The normalized spacial score (nSPS) is 11.1. The molecule has 140 valence electrons. The van der Waals surface area contributed by atoms with Crippen LogP contribution in [0.15, 0.2) is 70.9 Å². The number of hydrogen-bond acceptors (Lipinski definition) is 7. The average molecular weight is 402 g/mol. The number of sulfone groups is 1. The van der Waals surface area contributed by atoms with Crippen LogP contribution in [-0.2, 0) is 26.0 Å². The first-order valence-electron chi connectivity index (χ1n) is 8.23. The van der Waals surface area contributed by atoms with Crippen LogP contribution in [0.1, 0.15) is 12.1 Å². The number of anilines is 2. The molecule has 1 heterocycles. The maximum atomic E-state index is 12.2. The van der Waals surface area contributed by atoms with Gasteiger partial charge in [-0.05, 0) is 24.3 Å². The van der Waals surface area contributed by atoms with Crippen molar-refractivity contribution in [3.63, 3.8) is 0 Å². The summed E-state index contributed by atoms with van der Waals surface area (Å²) in [7, 11) is -3.49. The summed E-state index contributed by atoms with van der Waals surface area (Å²) < 4.78 is 29.5. The second-order valence-corrected chi connectivity index (χ2v) is 8.64. The second-order valence-electron chi connectivity index (χ2n) is 5.68. The Balaban J connectivity index is 1.47. The van der Waals surface area contributed by atoms with E-state index in [1.54, 1.807) is 23.6 Å². The molecule has 0 aliphatic carbocycles. The number of nitrogens with one attached hydrogen (secondary N) is 1. The lowest BCUT2D eigenvalue weighted by atomic mass is 10.3. The number of esters is 1. The number of ether oxygens (including phenoxy) is 1. The molecule has 0 spiro atoms. The van der Waals surface area contributed by atoms with Crippen molar-refractivity contribution < 1.29 is 17.9 Å². The van der Waals surface area contributed by atoms with Gasteiger partial charge in [0, 0.05) is 11.1 Å². The van der Waals surface area contributed by atoms with Gasteiger partial charge in [-0.3, -0.25) is 4.79 Å². The van der Waals surface area contributed by atoms with E-state index in [-0.39, 0.29) is 23.7 Å². The summed E-state index contributed by atoms with van der Waals surface area (Å²) in [5, 5.41) is 5.65.